The lowest BCUT2D eigenvalue weighted by Gasteiger charge is -2.18. The summed E-state index contributed by atoms with van der Waals surface area (Å²) in [6.07, 6.45) is 3.20. The first kappa shape index (κ1) is 12.4. The van der Waals surface area contributed by atoms with E-state index in [9.17, 15) is 9.90 Å². The lowest BCUT2D eigenvalue weighted by Crippen LogP contribution is -2.34. The normalized spacial score (nSPS) is 17.8. The molecule has 3 nitrogen and oxygen atoms in total. The molecule has 0 aliphatic carbocycles. The lowest BCUT2D eigenvalue weighted by atomic mass is 9.94. The zero-order valence-electron chi connectivity index (χ0n) is 8.71. The van der Waals surface area contributed by atoms with E-state index in [1.165, 1.54) is 6.92 Å². The van der Waals surface area contributed by atoms with Crippen LogP contribution in [-0.4, -0.2) is 21.8 Å². The SMILES string of the molecule is CCC(C)CCCC(C)(O)C(=O)O. The molecule has 3 heteroatoms. The predicted octanol–water partition coefficient (Wildman–Crippen LogP) is 2.04. The summed E-state index contributed by atoms with van der Waals surface area (Å²) < 4.78 is 0. The molecule has 0 rings (SSSR count). The summed E-state index contributed by atoms with van der Waals surface area (Å²) in [7, 11) is 0. The monoisotopic (exact) mass is 188 g/mol. The van der Waals surface area contributed by atoms with Crippen molar-refractivity contribution in [1.82, 2.24) is 0 Å². The Bertz CT molecular complexity index is 164. The van der Waals surface area contributed by atoms with Crippen LogP contribution < -0.4 is 0 Å². The van der Waals surface area contributed by atoms with Crippen molar-refractivity contribution in [1.29, 1.82) is 0 Å². The Morgan fingerprint density at radius 2 is 2.08 bits per heavy atom. The predicted molar refractivity (Wildman–Crippen MR) is 51.6 cm³/mol. The van der Waals surface area contributed by atoms with E-state index >= 15 is 0 Å². The van der Waals surface area contributed by atoms with Crippen LogP contribution in [0.4, 0.5) is 0 Å². The van der Waals surface area contributed by atoms with E-state index in [4.69, 9.17) is 5.11 Å². The highest BCUT2D eigenvalue weighted by molar-refractivity contribution is 5.76. The third kappa shape index (κ3) is 4.88. The molecule has 0 bridgehead atoms. The smallest absolute Gasteiger partial charge is 0.335 e. The maximum atomic E-state index is 10.5. The first-order valence-electron chi connectivity index (χ1n) is 4.86. The molecule has 0 heterocycles. The van der Waals surface area contributed by atoms with Gasteiger partial charge in [0.25, 0.3) is 0 Å². The maximum absolute atomic E-state index is 10.5. The number of rotatable bonds is 6. The molecule has 0 radical (unpaired) electrons. The largest absolute Gasteiger partial charge is 0.479 e. The van der Waals surface area contributed by atoms with E-state index in [1.807, 2.05) is 0 Å². The highest BCUT2D eigenvalue weighted by atomic mass is 16.4. The molecule has 2 N–H and O–H groups in total. The van der Waals surface area contributed by atoms with Crippen molar-refractivity contribution in [3.63, 3.8) is 0 Å². The number of carboxylic acids is 1. The molecule has 0 aromatic carbocycles. The van der Waals surface area contributed by atoms with Gasteiger partial charge in [-0.1, -0.05) is 26.7 Å². The van der Waals surface area contributed by atoms with E-state index in [0.717, 1.165) is 19.3 Å². The summed E-state index contributed by atoms with van der Waals surface area (Å²) in [6, 6.07) is 0. The van der Waals surface area contributed by atoms with Crippen LogP contribution in [0.2, 0.25) is 0 Å². The molecule has 0 amide bonds. The second kappa shape index (κ2) is 5.22. The van der Waals surface area contributed by atoms with Crippen LogP contribution >= 0.6 is 0 Å². The highest BCUT2D eigenvalue weighted by Crippen LogP contribution is 2.17. The molecule has 13 heavy (non-hydrogen) atoms. The van der Waals surface area contributed by atoms with E-state index in [-0.39, 0.29) is 0 Å². The van der Waals surface area contributed by atoms with Gasteiger partial charge in [0.2, 0.25) is 0 Å². The lowest BCUT2D eigenvalue weighted by molar-refractivity contribution is -0.157. The summed E-state index contributed by atoms with van der Waals surface area (Å²) in [4.78, 5) is 10.5. The van der Waals surface area contributed by atoms with Gasteiger partial charge in [-0.25, -0.2) is 4.79 Å². The van der Waals surface area contributed by atoms with Gasteiger partial charge in [-0.15, -0.1) is 0 Å². The average molecular weight is 188 g/mol. The minimum absolute atomic E-state index is 0.340. The molecule has 0 saturated heterocycles. The average Bonchev–Trinajstić information content (AvgIpc) is 2.03. The summed E-state index contributed by atoms with van der Waals surface area (Å²) in [5, 5.41) is 18.0. The number of aliphatic hydroxyl groups is 1. The number of carbonyl (C=O) groups is 1. The minimum Gasteiger partial charge on any atom is -0.479 e. The van der Waals surface area contributed by atoms with Gasteiger partial charge in [-0.3, -0.25) is 0 Å². The summed E-state index contributed by atoms with van der Waals surface area (Å²) >= 11 is 0. The van der Waals surface area contributed by atoms with E-state index in [1.54, 1.807) is 0 Å². The Balaban J connectivity index is 3.70. The molecule has 0 aromatic heterocycles. The zero-order valence-corrected chi connectivity index (χ0v) is 8.71. The molecular formula is C10H20O3. The van der Waals surface area contributed by atoms with E-state index in [2.05, 4.69) is 13.8 Å². The number of hydrogen-bond acceptors (Lipinski definition) is 2. The van der Waals surface area contributed by atoms with Crippen LogP contribution in [-0.2, 0) is 4.79 Å². The molecule has 0 spiro atoms. The fourth-order valence-corrected chi connectivity index (χ4v) is 1.11. The van der Waals surface area contributed by atoms with Crippen molar-refractivity contribution in [2.75, 3.05) is 0 Å². The van der Waals surface area contributed by atoms with Crippen molar-refractivity contribution in [3.05, 3.63) is 0 Å². The van der Waals surface area contributed by atoms with Gasteiger partial charge in [-0.05, 0) is 25.7 Å². The van der Waals surface area contributed by atoms with Gasteiger partial charge in [0.05, 0.1) is 0 Å². The Morgan fingerprint density at radius 3 is 2.46 bits per heavy atom. The summed E-state index contributed by atoms with van der Waals surface area (Å²) in [6.45, 7) is 5.60. The van der Waals surface area contributed by atoms with Crippen LogP contribution in [0.3, 0.4) is 0 Å². The number of carboxylic acid groups (broad SMARTS) is 1. The van der Waals surface area contributed by atoms with Crippen molar-refractivity contribution < 1.29 is 15.0 Å². The molecule has 0 aromatic rings. The Hall–Kier alpha value is -0.570. The third-order valence-electron chi connectivity index (χ3n) is 2.52. The molecule has 2 unspecified atom stereocenters. The van der Waals surface area contributed by atoms with Gasteiger partial charge in [0, 0.05) is 0 Å². The van der Waals surface area contributed by atoms with Crippen LogP contribution in [0.25, 0.3) is 0 Å². The summed E-state index contributed by atoms with van der Waals surface area (Å²) in [5.74, 6) is -0.513. The number of aliphatic carboxylic acids is 1. The zero-order chi connectivity index (χ0) is 10.5. The first-order valence-corrected chi connectivity index (χ1v) is 4.86. The van der Waals surface area contributed by atoms with Crippen molar-refractivity contribution in [2.45, 2.75) is 52.1 Å². The van der Waals surface area contributed by atoms with E-state index < -0.39 is 11.6 Å². The topological polar surface area (TPSA) is 57.5 Å². The van der Waals surface area contributed by atoms with E-state index in [0.29, 0.717) is 12.3 Å². The van der Waals surface area contributed by atoms with Gasteiger partial charge < -0.3 is 10.2 Å². The first-order chi connectivity index (χ1) is 5.90. The Kier molecular flexibility index (Phi) is 4.99. The van der Waals surface area contributed by atoms with Crippen LogP contribution in [0, 0.1) is 5.92 Å². The fraction of sp³-hybridized carbons (Fsp3) is 0.900. The van der Waals surface area contributed by atoms with Crippen molar-refractivity contribution in [3.8, 4) is 0 Å². The molecular weight excluding hydrogens is 168 g/mol. The van der Waals surface area contributed by atoms with Crippen LogP contribution in [0.1, 0.15) is 46.5 Å². The van der Waals surface area contributed by atoms with Gasteiger partial charge in [0.1, 0.15) is 0 Å². The third-order valence-corrected chi connectivity index (χ3v) is 2.52. The molecule has 0 aliphatic rings. The second-order valence-corrected chi connectivity index (χ2v) is 3.98. The van der Waals surface area contributed by atoms with Gasteiger partial charge in [0.15, 0.2) is 5.60 Å². The highest BCUT2D eigenvalue weighted by Gasteiger charge is 2.28. The Labute approximate surface area is 79.8 Å². The molecule has 78 valence electrons. The van der Waals surface area contributed by atoms with Gasteiger partial charge in [-0.2, -0.15) is 0 Å². The Morgan fingerprint density at radius 1 is 1.54 bits per heavy atom. The van der Waals surface area contributed by atoms with Crippen molar-refractivity contribution >= 4 is 5.97 Å². The molecule has 0 saturated carbocycles. The fourth-order valence-electron chi connectivity index (χ4n) is 1.11. The molecule has 2 atom stereocenters. The standard InChI is InChI=1S/C10H20O3/c1-4-8(2)6-5-7-10(3,13)9(11)12/h8,13H,4-7H2,1-3H3,(H,11,12). The maximum Gasteiger partial charge on any atom is 0.335 e. The molecule has 0 fully saturated rings. The summed E-state index contributed by atoms with van der Waals surface area (Å²) in [5.41, 5.74) is -1.55. The number of hydrogen-bond donors (Lipinski definition) is 2. The molecule has 0 aliphatic heterocycles. The quantitative estimate of drug-likeness (QED) is 0.670. The second-order valence-electron chi connectivity index (χ2n) is 3.98. The minimum atomic E-state index is -1.55. The van der Waals surface area contributed by atoms with Crippen LogP contribution in [0.5, 0.6) is 0 Å². The van der Waals surface area contributed by atoms with Crippen molar-refractivity contribution in [2.24, 2.45) is 5.92 Å². The van der Waals surface area contributed by atoms with Crippen LogP contribution in [0.15, 0.2) is 0 Å². The van der Waals surface area contributed by atoms with Gasteiger partial charge >= 0.3 is 5.97 Å².